The van der Waals surface area contributed by atoms with E-state index in [-0.39, 0.29) is 5.56 Å². The first-order valence-corrected chi connectivity index (χ1v) is 4.17. The summed E-state index contributed by atoms with van der Waals surface area (Å²) in [6.07, 6.45) is 2.80. The number of hydrogen-bond donors (Lipinski definition) is 2. The first-order chi connectivity index (χ1) is 7.11. The SMILES string of the molecule is NC(=O)c1cn(C(N)=O)c2ncccc12. The highest BCUT2D eigenvalue weighted by Gasteiger charge is 2.15. The van der Waals surface area contributed by atoms with E-state index < -0.39 is 11.9 Å². The third kappa shape index (κ3) is 1.32. The Balaban J connectivity index is 2.85. The Bertz CT molecular complexity index is 510. The van der Waals surface area contributed by atoms with E-state index >= 15 is 0 Å². The zero-order chi connectivity index (χ0) is 11.0. The molecule has 0 saturated carbocycles. The average Bonchev–Trinajstić information content (AvgIpc) is 2.56. The molecule has 2 aromatic rings. The van der Waals surface area contributed by atoms with Gasteiger partial charge in [0.1, 0.15) is 5.65 Å². The second-order valence-corrected chi connectivity index (χ2v) is 2.99. The zero-order valence-corrected chi connectivity index (χ0v) is 7.68. The average molecular weight is 204 g/mol. The molecular weight excluding hydrogens is 196 g/mol. The molecule has 0 atom stereocenters. The second-order valence-electron chi connectivity index (χ2n) is 2.99. The summed E-state index contributed by atoms with van der Waals surface area (Å²) in [5, 5.41) is 0.517. The number of nitrogens with zero attached hydrogens (tertiary/aromatic N) is 2. The van der Waals surface area contributed by atoms with Gasteiger partial charge in [-0.15, -0.1) is 0 Å². The molecule has 15 heavy (non-hydrogen) atoms. The van der Waals surface area contributed by atoms with Crippen LogP contribution in [0.25, 0.3) is 11.0 Å². The Labute approximate surface area is 84.5 Å². The molecule has 4 N–H and O–H groups in total. The molecule has 0 aliphatic carbocycles. The molecule has 0 aliphatic heterocycles. The number of aromatic nitrogens is 2. The number of amides is 2. The summed E-state index contributed by atoms with van der Waals surface area (Å²) in [6.45, 7) is 0. The molecule has 0 bridgehead atoms. The predicted octanol–water partition coefficient (Wildman–Crippen LogP) is 0.0620. The number of carbonyl (C=O) groups is 2. The van der Waals surface area contributed by atoms with E-state index in [1.54, 1.807) is 12.1 Å². The summed E-state index contributed by atoms with van der Waals surface area (Å²) in [5.74, 6) is -0.618. The standard InChI is InChI=1S/C9H8N4O2/c10-7(14)6-4-13(9(11)15)8-5(6)2-1-3-12-8/h1-4H,(H2,10,14)(H2,11,15). The number of rotatable bonds is 1. The number of pyridine rings is 1. The molecule has 0 fully saturated rings. The van der Waals surface area contributed by atoms with Crippen molar-refractivity contribution in [1.29, 1.82) is 0 Å². The normalized spacial score (nSPS) is 10.4. The predicted molar refractivity (Wildman–Crippen MR) is 53.2 cm³/mol. The van der Waals surface area contributed by atoms with Crippen LogP contribution in [-0.4, -0.2) is 21.5 Å². The first-order valence-electron chi connectivity index (χ1n) is 4.17. The van der Waals surface area contributed by atoms with E-state index in [1.807, 2.05) is 0 Å². The number of hydrogen-bond acceptors (Lipinski definition) is 3. The number of primary amides is 2. The topological polar surface area (TPSA) is 104 Å². The monoisotopic (exact) mass is 204 g/mol. The molecule has 6 heteroatoms. The van der Waals surface area contributed by atoms with E-state index in [2.05, 4.69) is 4.98 Å². The lowest BCUT2D eigenvalue weighted by Crippen LogP contribution is -2.19. The summed E-state index contributed by atoms with van der Waals surface area (Å²) in [4.78, 5) is 26.1. The summed E-state index contributed by atoms with van der Waals surface area (Å²) in [5.41, 5.74) is 10.9. The van der Waals surface area contributed by atoms with Gasteiger partial charge >= 0.3 is 6.03 Å². The third-order valence-corrected chi connectivity index (χ3v) is 2.07. The van der Waals surface area contributed by atoms with Crippen molar-refractivity contribution in [3.05, 3.63) is 30.1 Å². The van der Waals surface area contributed by atoms with Crippen molar-refractivity contribution >= 4 is 23.0 Å². The van der Waals surface area contributed by atoms with Crippen LogP contribution in [0.1, 0.15) is 10.4 Å². The van der Waals surface area contributed by atoms with Crippen LogP contribution in [0.3, 0.4) is 0 Å². The van der Waals surface area contributed by atoms with Gasteiger partial charge in [0.15, 0.2) is 0 Å². The van der Waals surface area contributed by atoms with Crippen LogP contribution < -0.4 is 11.5 Å². The molecule has 0 unspecified atom stereocenters. The molecule has 2 heterocycles. The molecular formula is C9H8N4O2. The highest BCUT2D eigenvalue weighted by atomic mass is 16.2. The van der Waals surface area contributed by atoms with Crippen LogP contribution in [0.15, 0.2) is 24.5 Å². The van der Waals surface area contributed by atoms with Crippen LogP contribution in [-0.2, 0) is 0 Å². The Morgan fingerprint density at radius 3 is 2.67 bits per heavy atom. The van der Waals surface area contributed by atoms with Crippen molar-refractivity contribution in [1.82, 2.24) is 9.55 Å². The minimum Gasteiger partial charge on any atom is -0.366 e. The first kappa shape index (κ1) is 9.20. The highest BCUT2D eigenvalue weighted by molar-refractivity contribution is 6.07. The molecule has 76 valence electrons. The molecule has 2 amide bonds. The van der Waals surface area contributed by atoms with E-state index in [0.29, 0.717) is 11.0 Å². The fourth-order valence-corrected chi connectivity index (χ4v) is 1.42. The number of carbonyl (C=O) groups excluding carboxylic acids is 2. The van der Waals surface area contributed by atoms with Crippen LogP contribution in [0.5, 0.6) is 0 Å². The molecule has 0 radical (unpaired) electrons. The fraction of sp³-hybridized carbons (Fsp3) is 0. The van der Waals surface area contributed by atoms with Gasteiger partial charge < -0.3 is 11.5 Å². The van der Waals surface area contributed by atoms with Gasteiger partial charge in [0.05, 0.1) is 5.56 Å². The summed E-state index contributed by atoms with van der Waals surface area (Å²) < 4.78 is 1.09. The maximum Gasteiger partial charge on any atom is 0.324 e. The van der Waals surface area contributed by atoms with Crippen molar-refractivity contribution in [2.75, 3.05) is 0 Å². The quantitative estimate of drug-likeness (QED) is 0.686. The van der Waals surface area contributed by atoms with Crippen molar-refractivity contribution in [2.24, 2.45) is 11.5 Å². The van der Waals surface area contributed by atoms with E-state index in [0.717, 1.165) is 4.57 Å². The van der Waals surface area contributed by atoms with Crippen LogP contribution in [0, 0.1) is 0 Å². The fourth-order valence-electron chi connectivity index (χ4n) is 1.42. The molecule has 2 aromatic heterocycles. The van der Waals surface area contributed by atoms with E-state index in [1.165, 1.54) is 12.4 Å². The number of nitrogens with two attached hydrogens (primary N) is 2. The maximum absolute atomic E-state index is 11.1. The lowest BCUT2D eigenvalue weighted by Gasteiger charge is -1.95. The van der Waals surface area contributed by atoms with Gasteiger partial charge in [-0.25, -0.2) is 9.78 Å². The molecule has 0 saturated heterocycles. The lowest BCUT2D eigenvalue weighted by molar-refractivity contribution is 0.100. The summed E-state index contributed by atoms with van der Waals surface area (Å²) in [7, 11) is 0. The molecule has 6 nitrogen and oxygen atoms in total. The largest absolute Gasteiger partial charge is 0.366 e. The van der Waals surface area contributed by atoms with E-state index in [4.69, 9.17) is 11.5 Å². The number of fused-ring (bicyclic) bond motifs is 1. The van der Waals surface area contributed by atoms with Crippen LogP contribution in [0.4, 0.5) is 4.79 Å². The van der Waals surface area contributed by atoms with Crippen molar-refractivity contribution in [2.45, 2.75) is 0 Å². The van der Waals surface area contributed by atoms with Crippen molar-refractivity contribution in [3.63, 3.8) is 0 Å². The molecule has 0 aromatic carbocycles. The van der Waals surface area contributed by atoms with Crippen molar-refractivity contribution in [3.8, 4) is 0 Å². The minimum atomic E-state index is -0.703. The van der Waals surface area contributed by atoms with Gasteiger partial charge in [-0.1, -0.05) is 0 Å². The van der Waals surface area contributed by atoms with Crippen molar-refractivity contribution < 1.29 is 9.59 Å². The van der Waals surface area contributed by atoms with Gasteiger partial charge in [0.2, 0.25) is 0 Å². The zero-order valence-electron chi connectivity index (χ0n) is 7.68. The van der Waals surface area contributed by atoms with Gasteiger partial charge in [0.25, 0.3) is 5.91 Å². The third-order valence-electron chi connectivity index (χ3n) is 2.07. The van der Waals surface area contributed by atoms with Gasteiger partial charge in [-0.05, 0) is 12.1 Å². The smallest absolute Gasteiger partial charge is 0.324 e. The molecule has 2 rings (SSSR count). The van der Waals surface area contributed by atoms with E-state index in [9.17, 15) is 9.59 Å². The molecule has 0 spiro atoms. The Morgan fingerprint density at radius 1 is 1.33 bits per heavy atom. The Hall–Kier alpha value is -2.37. The lowest BCUT2D eigenvalue weighted by atomic mass is 10.2. The molecule has 0 aliphatic rings. The minimum absolute atomic E-state index is 0.233. The van der Waals surface area contributed by atoms with Gasteiger partial charge in [-0.3, -0.25) is 9.36 Å². The van der Waals surface area contributed by atoms with Crippen LogP contribution in [0.2, 0.25) is 0 Å². The maximum atomic E-state index is 11.1. The summed E-state index contributed by atoms with van der Waals surface area (Å²) in [6, 6.07) is 2.60. The Kier molecular flexibility index (Phi) is 1.89. The summed E-state index contributed by atoms with van der Waals surface area (Å²) >= 11 is 0. The van der Waals surface area contributed by atoms with Gasteiger partial charge in [0, 0.05) is 17.8 Å². The van der Waals surface area contributed by atoms with Gasteiger partial charge in [-0.2, -0.15) is 0 Å². The highest BCUT2D eigenvalue weighted by Crippen LogP contribution is 2.18. The van der Waals surface area contributed by atoms with Crippen LogP contribution >= 0.6 is 0 Å². The second kappa shape index (κ2) is 3.09. The Morgan fingerprint density at radius 2 is 2.07 bits per heavy atom.